The zero-order valence-electron chi connectivity index (χ0n) is 9.12. The molecule has 1 aliphatic carbocycles. The van der Waals surface area contributed by atoms with Gasteiger partial charge < -0.3 is 10.4 Å². The summed E-state index contributed by atoms with van der Waals surface area (Å²) in [7, 11) is 0. The number of amides is 1. The lowest BCUT2D eigenvalue weighted by molar-refractivity contribution is -0.124. The van der Waals surface area contributed by atoms with Gasteiger partial charge in [-0.05, 0) is 48.9 Å². The molecule has 0 radical (unpaired) electrons. The van der Waals surface area contributed by atoms with Crippen LogP contribution in [0.5, 0.6) is 5.75 Å². The van der Waals surface area contributed by atoms with Gasteiger partial charge in [-0.25, -0.2) is 0 Å². The molecule has 0 bridgehead atoms. The van der Waals surface area contributed by atoms with E-state index in [1.807, 2.05) is 12.1 Å². The van der Waals surface area contributed by atoms with E-state index in [2.05, 4.69) is 5.32 Å². The highest BCUT2D eigenvalue weighted by Gasteiger charge is 2.46. The molecule has 0 saturated carbocycles. The van der Waals surface area contributed by atoms with Crippen LogP contribution >= 0.6 is 0 Å². The molecule has 1 spiro atoms. The maximum absolute atomic E-state index is 12.0. The van der Waals surface area contributed by atoms with E-state index in [0.29, 0.717) is 5.75 Å². The number of carbonyl (C=O) groups is 1. The molecule has 1 aromatic rings. The number of hydrogen-bond donors (Lipinski definition) is 2. The molecule has 1 aliphatic heterocycles. The number of fused-ring (bicyclic) bond motifs is 2. The van der Waals surface area contributed by atoms with Crippen LogP contribution in [-0.2, 0) is 16.6 Å². The highest BCUT2D eigenvalue weighted by Crippen LogP contribution is 2.43. The largest absolute Gasteiger partial charge is 0.508 e. The molecule has 2 N–H and O–H groups in total. The molecule has 1 fully saturated rings. The molecule has 1 unspecified atom stereocenters. The van der Waals surface area contributed by atoms with Crippen molar-refractivity contribution in [2.75, 3.05) is 6.54 Å². The van der Waals surface area contributed by atoms with E-state index < -0.39 is 0 Å². The molecule has 1 aromatic carbocycles. The Kier molecular flexibility index (Phi) is 1.96. The van der Waals surface area contributed by atoms with Crippen LogP contribution in [0.15, 0.2) is 18.2 Å². The molecule has 0 aromatic heterocycles. The first-order chi connectivity index (χ1) is 7.72. The van der Waals surface area contributed by atoms with Gasteiger partial charge in [-0.3, -0.25) is 4.79 Å². The van der Waals surface area contributed by atoms with Gasteiger partial charge in [0, 0.05) is 6.54 Å². The van der Waals surface area contributed by atoms with Crippen LogP contribution < -0.4 is 5.32 Å². The fourth-order valence-corrected chi connectivity index (χ4v) is 3.14. The van der Waals surface area contributed by atoms with Crippen molar-refractivity contribution in [2.24, 2.45) is 0 Å². The average Bonchev–Trinajstić information content (AvgIpc) is 2.61. The molecule has 1 atom stereocenters. The maximum Gasteiger partial charge on any atom is 0.230 e. The van der Waals surface area contributed by atoms with E-state index in [0.717, 1.165) is 43.4 Å². The van der Waals surface area contributed by atoms with Gasteiger partial charge in [0.1, 0.15) is 5.75 Å². The standard InChI is InChI=1S/C13H15NO2/c15-10-3-4-11-9(8-10)2-1-5-13(11)6-7-14-12(13)16/h3-4,8,15H,1-2,5-7H2,(H,14,16). The summed E-state index contributed by atoms with van der Waals surface area (Å²) >= 11 is 0. The van der Waals surface area contributed by atoms with Crippen molar-refractivity contribution in [2.45, 2.75) is 31.1 Å². The second-order valence-electron chi connectivity index (χ2n) is 4.78. The number of aromatic hydroxyl groups is 1. The number of phenolic OH excluding ortho intramolecular Hbond substituents is 1. The fourth-order valence-electron chi connectivity index (χ4n) is 3.14. The third kappa shape index (κ3) is 1.17. The highest BCUT2D eigenvalue weighted by atomic mass is 16.3. The summed E-state index contributed by atoms with van der Waals surface area (Å²) in [4.78, 5) is 12.0. The highest BCUT2D eigenvalue weighted by molar-refractivity contribution is 5.91. The van der Waals surface area contributed by atoms with Crippen molar-refractivity contribution in [1.29, 1.82) is 0 Å². The molecule has 3 heteroatoms. The lowest BCUT2D eigenvalue weighted by atomic mass is 9.69. The monoisotopic (exact) mass is 217 g/mol. The van der Waals surface area contributed by atoms with E-state index >= 15 is 0 Å². The molecule has 1 amide bonds. The van der Waals surface area contributed by atoms with Gasteiger partial charge in [-0.2, -0.15) is 0 Å². The van der Waals surface area contributed by atoms with Crippen LogP contribution in [0, 0.1) is 0 Å². The lowest BCUT2D eigenvalue weighted by Gasteiger charge is -2.33. The van der Waals surface area contributed by atoms with Gasteiger partial charge in [0.25, 0.3) is 0 Å². The molecular formula is C13H15NO2. The minimum Gasteiger partial charge on any atom is -0.508 e. The average molecular weight is 217 g/mol. The smallest absolute Gasteiger partial charge is 0.230 e. The molecule has 1 saturated heterocycles. The van der Waals surface area contributed by atoms with Crippen LogP contribution in [0.3, 0.4) is 0 Å². The first kappa shape index (κ1) is 9.70. The SMILES string of the molecule is O=C1NCCC12CCCc1cc(O)ccc12. The van der Waals surface area contributed by atoms with Crippen LogP contribution in [0.1, 0.15) is 30.4 Å². The summed E-state index contributed by atoms with van der Waals surface area (Å²) in [6.45, 7) is 0.777. The van der Waals surface area contributed by atoms with Crippen molar-refractivity contribution in [3.05, 3.63) is 29.3 Å². The predicted molar refractivity (Wildman–Crippen MR) is 60.3 cm³/mol. The molecule has 3 nitrogen and oxygen atoms in total. The van der Waals surface area contributed by atoms with Crippen molar-refractivity contribution >= 4 is 5.91 Å². The van der Waals surface area contributed by atoms with Crippen molar-refractivity contribution in [1.82, 2.24) is 5.32 Å². The maximum atomic E-state index is 12.0. The zero-order chi connectivity index (χ0) is 11.2. The topological polar surface area (TPSA) is 49.3 Å². The van der Waals surface area contributed by atoms with Gasteiger partial charge in [0.05, 0.1) is 5.41 Å². The first-order valence-corrected chi connectivity index (χ1v) is 5.83. The van der Waals surface area contributed by atoms with E-state index in [1.54, 1.807) is 6.07 Å². The molecule has 2 aliphatic rings. The second-order valence-corrected chi connectivity index (χ2v) is 4.78. The number of rotatable bonds is 0. The van der Waals surface area contributed by atoms with Gasteiger partial charge in [-0.1, -0.05) is 6.07 Å². The minimum atomic E-state index is -0.304. The number of benzene rings is 1. The molecule has 1 heterocycles. The number of aryl methyl sites for hydroxylation is 1. The third-order valence-corrected chi connectivity index (χ3v) is 3.93. The van der Waals surface area contributed by atoms with Gasteiger partial charge in [0.2, 0.25) is 5.91 Å². The Morgan fingerprint density at radius 2 is 2.19 bits per heavy atom. The summed E-state index contributed by atoms with van der Waals surface area (Å²) < 4.78 is 0. The lowest BCUT2D eigenvalue weighted by Crippen LogP contribution is -2.38. The molecule has 16 heavy (non-hydrogen) atoms. The molecule has 3 rings (SSSR count). The Hall–Kier alpha value is -1.51. The van der Waals surface area contributed by atoms with Crippen LogP contribution in [0.2, 0.25) is 0 Å². The normalized spacial score (nSPS) is 27.9. The third-order valence-electron chi connectivity index (χ3n) is 3.93. The zero-order valence-corrected chi connectivity index (χ0v) is 9.12. The predicted octanol–water partition coefficient (Wildman–Crippen LogP) is 1.49. The van der Waals surface area contributed by atoms with Crippen LogP contribution in [0.4, 0.5) is 0 Å². The Balaban J connectivity index is 2.16. The van der Waals surface area contributed by atoms with Gasteiger partial charge in [-0.15, -0.1) is 0 Å². The summed E-state index contributed by atoms with van der Waals surface area (Å²) in [6.07, 6.45) is 3.84. The van der Waals surface area contributed by atoms with Crippen molar-refractivity contribution in [3.8, 4) is 5.75 Å². The number of phenols is 1. The quantitative estimate of drug-likeness (QED) is 0.691. The first-order valence-electron chi connectivity index (χ1n) is 5.83. The molecule has 84 valence electrons. The summed E-state index contributed by atoms with van der Waals surface area (Å²) in [5, 5.41) is 12.4. The van der Waals surface area contributed by atoms with E-state index in [1.165, 1.54) is 0 Å². The molecular weight excluding hydrogens is 202 g/mol. The van der Waals surface area contributed by atoms with Crippen molar-refractivity contribution in [3.63, 3.8) is 0 Å². The van der Waals surface area contributed by atoms with Crippen molar-refractivity contribution < 1.29 is 9.90 Å². The van der Waals surface area contributed by atoms with Gasteiger partial charge in [0.15, 0.2) is 0 Å². The second kappa shape index (κ2) is 3.24. The Labute approximate surface area is 94.5 Å². The van der Waals surface area contributed by atoms with E-state index in [4.69, 9.17) is 0 Å². The Bertz CT molecular complexity index is 455. The summed E-state index contributed by atoms with van der Waals surface area (Å²) in [6, 6.07) is 5.42. The number of nitrogens with one attached hydrogen (secondary N) is 1. The van der Waals surface area contributed by atoms with E-state index in [-0.39, 0.29) is 11.3 Å². The minimum absolute atomic E-state index is 0.166. The van der Waals surface area contributed by atoms with Crippen LogP contribution in [-0.4, -0.2) is 17.6 Å². The Morgan fingerprint density at radius 1 is 1.31 bits per heavy atom. The fraction of sp³-hybridized carbons (Fsp3) is 0.462. The number of carbonyl (C=O) groups excluding carboxylic acids is 1. The summed E-state index contributed by atoms with van der Waals surface area (Å²) in [5.41, 5.74) is 1.97. The van der Waals surface area contributed by atoms with E-state index in [9.17, 15) is 9.90 Å². The number of hydrogen-bond acceptors (Lipinski definition) is 2. The van der Waals surface area contributed by atoms with Crippen LogP contribution in [0.25, 0.3) is 0 Å². The Morgan fingerprint density at radius 3 is 2.94 bits per heavy atom. The van der Waals surface area contributed by atoms with Gasteiger partial charge >= 0.3 is 0 Å². The summed E-state index contributed by atoms with van der Waals surface area (Å²) in [5.74, 6) is 0.466.